The maximum Gasteiger partial charge on any atom is 0.226 e. The number of carbonyl (C=O) groups is 1. The second-order valence-electron chi connectivity index (χ2n) is 5.08. The minimum atomic E-state index is 0.0157. The molecule has 0 aromatic heterocycles. The lowest BCUT2D eigenvalue weighted by Crippen LogP contribution is -2.33. The summed E-state index contributed by atoms with van der Waals surface area (Å²) in [6.07, 6.45) is 2.43. The van der Waals surface area contributed by atoms with Gasteiger partial charge in [0.2, 0.25) is 5.91 Å². The number of amides is 1. The molecule has 2 heteroatoms. The maximum atomic E-state index is 11.6. The fraction of sp³-hybridized carbons (Fsp3) is 0.900. The molecule has 5 unspecified atom stereocenters. The number of fused-ring (bicyclic) bond motifs is 1. The molecular formula is C10H15NO. The highest BCUT2D eigenvalue weighted by molar-refractivity contribution is 5.86. The molecule has 12 heavy (non-hydrogen) atoms. The van der Waals surface area contributed by atoms with E-state index in [0.717, 1.165) is 18.3 Å². The molecule has 3 aliphatic rings. The van der Waals surface area contributed by atoms with E-state index in [4.69, 9.17) is 0 Å². The van der Waals surface area contributed by atoms with E-state index in [-0.39, 0.29) is 5.41 Å². The SMILES string of the molecule is CC1C2CC3C1NC(=O)C3(C)C2. The predicted molar refractivity (Wildman–Crippen MR) is 45.4 cm³/mol. The van der Waals surface area contributed by atoms with Gasteiger partial charge in [-0.1, -0.05) is 13.8 Å². The van der Waals surface area contributed by atoms with E-state index in [2.05, 4.69) is 19.2 Å². The van der Waals surface area contributed by atoms with Crippen molar-refractivity contribution in [3.05, 3.63) is 0 Å². The van der Waals surface area contributed by atoms with Gasteiger partial charge < -0.3 is 5.32 Å². The van der Waals surface area contributed by atoms with Crippen molar-refractivity contribution in [2.75, 3.05) is 0 Å². The molecule has 5 atom stereocenters. The van der Waals surface area contributed by atoms with Gasteiger partial charge in [0.15, 0.2) is 0 Å². The molecule has 1 saturated heterocycles. The normalized spacial score (nSPS) is 61.0. The third-order valence-electron chi connectivity index (χ3n) is 4.62. The number of hydrogen-bond donors (Lipinski definition) is 1. The van der Waals surface area contributed by atoms with Crippen LogP contribution in [-0.4, -0.2) is 11.9 Å². The monoisotopic (exact) mass is 165 g/mol. The molecule has 0 spiro atoms. The number of hydrogen-bond acceptors (Lipinski definition) is 1. The van der Waals surface area contributed by atoms with Crippen molar-refractivity contribution in [3.63, 3.8) is 0 Å². The van der Waals surface area contributed by atoms with Crippen LogP contribution in [0, 0.1) is 23.2 Å². The Morgan fingerprint density at radius 1 is 1.58 bits per heavy atom. The Hall–Kier alpha value is -0.530. The number of nitrogens with one attached hydrogen (secondary N) is 1. The number of carbonyl (C=O) groups excluding carboxylic acids is 1. The van der Waals surface area contributed by atoms with Gasteiger partial charge in [0.05, 0.1) is 5.41 Å². The van der Waals surface area contributed by atoms with E-state index in [1.54, 1.807) is 0 Å². The molecule has 1 heterocycles. The van der Waals surface area contributed by atoms with Crippen LogP contribution in [0.4, 0.5) is 0 Å². The summed E-state index contributed by atoms with van der Waals surface area (Å²) < 4.78 is 0. The molecule has 3 fully saturated rings. The molecule has 2 aliphatic carbocycles. The fourth-order valence-corrected chi connectivity index (χ4v) is 3.78. The first-order valence-electron chi connectivity index (χ1n) is 4.94. The third-order valence-corrected chi connectivity index (χ3v) is 4.62. The molecule has 1 aliphatic heterocycles. The molecule has 2 bridgehead atoms. The molecule has 1 amide bonds. The highest BCUT2D eigenvalue weighted by atomic mass is 16.2. The van der Waals surface area contributed by atoms with Gasteiger partial charge in [-0.3, -0.25) is 4.79 Å². The summed E-state index contributed by atoms with van der Waals surface area (Å²) in [4.78, 5) is 11.6. The second-order valence-corrected chi connectivity index (χ2v) is 5.08. The van der Waals surface area contributed by atoms with Crippen LogP contribution in [0.5, 0.6) is 0 Å². The zero-order chi connectivity index (χ0) is 8.51. The summed E-state index contributed by atoms with van der Waals surface area (Å²) >= 11 is 0. The van der Waals surface area contributed by atoms with Gasteiger partial charge in [-0.2, -0.15) is 0 Å². The molecule has 0 aromatic carbocycles. The van der Waals surface area contributed by atoms with Gasteiger partial charge in [0.1, 0.15) is 0 Å². The van der Waals surface area contributed by atoms with Gasteiger partial charge in [-0.25, -0.2) is 0 Å². The van der Waals surface area contributed by atoms with Gasteiger partial charge in [0, 0.05) is 6.04 Å². The van der Waals surface area contributed by atoms with E-state index >= 15 is 0 Å². The number of rotatable bonds is 0. The minimum Gasteiger partial charge on any atom is -0.352 e. The predicted octanol–water partition coefficient (Wildman–Crippen LogP) is 1.17. The van der Waals surface area contributed by atoms with Crippen LogP contribution in [-0.2, 0) is 4.79 Å². The molecule has 0 radical (unpaired) electrons. The Balaban J connectivity index is 2.09. The van der Waals surface area contributed by atoms with Gasteiger partial charge >= 0.3 is 0 Å². The van der Waals surface area contributed by atoms with Crippen LogP contribution in [0.15, 0.2) is 0 Å². The smallest absolute Gasteiger partial charge is 0.226 e. The molecule has 2 saturated carbocycles. The third kappa shape index (κ3) is 0.511. The van der Waals surface area contributed by atoms with E-state index in [9.17, 15) is 4.79 Å². The summed E-state index contributed by atoms with van der Waals surface area (Å²) in [5.74, 6) is 2.54. The zero-order valence-electron chi connectivity index (χ0n) is 7.63. The van der Waals surface area contributed by atoms with Gasteiger partial charge in [-0.15, -0.1) is 0 Å². The van der Waals surface area contributed by atoms with Crippen molar-refractivity contribution in [1.82, 2.24) is 5.32 Å². The summed E-state index contributed by atoms with van der Waals surface area (Å²) in [6, 6.07) is 0.515. The zero-order valence-corrected chi connectivity index (χ0v) is 7.63. The van der Waals surface area contributed by atoms with Crippen molar-refractivity contribution in [2.45, 2.75) is 32.7 Å². The van der Waals surface area contributed by atoms with E-state index < -0.39 is 0 Å². The highest BCUT2D eigenvalue weighted by Gasteiger charge is 2.64. The first kappa shape index (κ1) is 6.93. The quantitative estimate of drug-likeness (QED) is 0.573. The van der Waals surface area contributed by atoms with Crippen LogP contribution >= 0.6 is 0 Å². The topological polar surface area (TPSA) is 29.1 Å². The van der Waals surface area contributed by atoms with Crippen molar-refractivity contribution in [1.29, 1.82) is 0 Å². The minimum absolute atomic E-state index is 0.0157. The fourth-order valence-electron chi connectivity index (χ4n) is 3.78. The summed E-state index contributed by atoms with van der Waals surface area (Å²) in [5.41, 5.74) is 0.0157. The summed E-state index contributed by atoms with van der Waals surface area (Å²) in [5, 5.41) is 3.16. The van der Waals surface area contributed by atoms with Crippen LogP contribution in [0.2, 0.25) is 0 Å². The molecule has 3 rings (SSSR count). The largest absolute Gasteiger partial charge is 0.352 e. The molecule has 66 valence electrons. The average molecular weight is 165 g/mol. The van der Waals surface area contributed by atoms with E-state index in [0.29, 0.717) is 17.9 Å². The van der Waals surface area contributed by atoms with Crippen molar-refractivity contribution >= 4 is 5.91 Å². The summed E-state index contributed by atoms with van der Waals surface area (Å²) in [7, 11) is 0. The summed E-state index contributed by atoms with van der Waals surface area (Å²) in [6.45, 7) is 4.44. The second kappa shape index (κ2) is 1.70. The molecule has 2 nitrogen and oxygen atoms in total. The van der Waals surface area contributed by atoms with Crippen LogP contribution < -0.4 is 5.32 Å². The maximum absolute atomic E-state index is 11.6. The van der Waals surface area contributed by atoms with Crippen LogP contribution in [0.25, 0.3) is 0 Å². The lowest BCUT2D eigenvalue weighted by molar-refractivity contribution is -0.127. The van der Waals surface area contributed by atoms with Crippen molar-refractivity contribution in [2.24, 2.45) is 23.2 Å². The Labute approximate surface area is 72.7 Å². The molecular weight excluding hydrogens is 150 g/mol. The van der Waals surface area contributed by atoms with Gasteiger partial charge in [0.25, 0.3) is 0 Å². The van der Waals surface area contributed by atoms with Crippen LogP contribution in [0.1, 0.15) is 26.7 Å². The molecule has 0 aromatic rings. The standard InChI is InChI=1S/C10H15NO/c1-5-6-3-7-8(5)11-9(12)10(7,2)4-6/h5-8H,3-4H2,1-2H3,(H,11,12). The van der Waals surface area contributed by atoms with Crippen LogP contribution in [0.3, 0.4) is 0 Å². The first-order valence-corrected chi connectivity index (χ1v) is 4.94. The Kier molecular flexibility index (Phi) is 0.984. The average Bonchev–Trinajstić information content (AvgIpc) is 2.53. The highest BCUT2D eigenvalue weighted by Crippen LogP contribution is 2.61. The Morgan fingerprint density at radius 2 is 2.33 bits per heavy atom. The Bertz CT molecular complexity index is 263. The lowest BCUT2D eigenvalue weighted by atomic mass is 9.73. The van der Waals surface area contributed by atoms with Crippen molar-refractivity contribution in [3.8, 4) is 0 Å². The van der Waals surface area contributed by atoms with E-state index in [1.165, 1.54) is 6.42 Å². The lowest BCUT2D eigenvalue weighted by Gasteiger charge is -2.28. The first-order chi connectivity index (χ1) is 5.63. The van der Waals surface area contributed by atoms with Gasteiger partial charge in [-0.05, 0) is 30.6 Å². The molecule has 1 N–H and O–H groups in total. The van der Waals surface area contributed by atoms with Crippen molar-refractivity contribution < 1.29 is 4.79 Å². The van der Waals surface area contributed by atoms with E-state index in [1.807, 2.05) is 0 Å². The Morgan fingerprint density at radius 3 is 2.92 bits per heavy atom.